The number of carbonyl (C=O) groups is 1. The molecule has 1 aliphatic heterocycles. The second-order valence-electron chi connectivity index (χ2n) is 6.02. The molecule has 1 aliphatic carbocycles. The third-order valence-electron chi connectivity index (χ3n) is 4.47. The average molecular weight is 238 g/mol. The summed E-state index contributed by atoms with van der Waals surface area (Å²) in [6, 6.07) is 0.339. The van der Waals surface area contributed by atoms with E-state index in [-0.39, 0.29) is 11.8 Å². The van der Waals surface area contributed by atoms with E-state index < -0.39 is 0 Å². The Kier molecular flexibility index (Phi) is 4.43. The molecule has 1 saturated carbocycles. The van der Waals surface area contributed by atoms with Crippen molar-refractivity contribution in [2.45, 2.75) is 52.0 Å². The minimum Gasteiger partial charge on any atom is -0.356 e. The Balaban J connectivity index is 1.73. The number of carbonyl (C=O) groups excluding carboxylic acids is 1. The molecule has 0 aromatic heterocycles. The summed E-state index contributed by atoms with van der Waals surface area (Å²) in [6.45, 7) is 6.40. The van der Waals surface area contributed by atoms with E-state index >= 15 is 0 Å². The lowest BCUT2D eigenvalue weighted by molar-refractivity contribution is -0.126. The van der Waals surface area contributed by atoms with Crippen molar-refractivity contribution in [3.63, 3.8) is 0 Å². The first-order valence-corrected chi connectivity index (χ1v) is 7.18. The highest BCUT2D eigenvalue weighted by atomic mass is 16.1. The Bertz CT molecular complexity index is 267. The molecule has 1 heterocycles. The van der Waals surface area contributed by atoms with Gasteiger partial charge in [-0.2, -0.15) is 0 Å². The molecule has 1 amide bonds. The Labute approximate surface area is 105 Å². The van der Waals surface area contributed by atoms with Crippen molar-refractivity contribution in [2.75, 3.05) is 13.1 Å². The summed E-state index contributed by atoms with van der Waals surface area (Å²) in [6.07, 6.45) is 6.09. The van der Waals surface area contributed by atoms with E-state index in [0.29, 0.717) is 6.04 Å². The zero-order chi connectivity index (χ0) is 12.3. The Morgan fingerprint density at radius 3 is 2.76 bits per heavy atom. The summed E-state index contributed by atoms with van der Waals surface area (Å²) in [5.74, 6) is 2.03. The van der Waals surface area contributed by atoms with Crippen LogP contribution in [0, 0.1) is 17.8 Å². The molecule has 0 spiro atoms. The molecule has 4 atom stereocenters. The minimum absolute atomic E-state index is 0.183. The van der Waals surface area contributed by atoms with Gasteiger partial charge in [-0.05, 0) is 51.0 Å². The first kappa shape index (κ1) is 12.9. The van der Waals surface area contributed by atoms with Crippen molar-refractivity contribution < 1.29 is 4.79 Å². The lowest BCUT2D eigenvalue weighted by Crippen LogP contribution is -2.47. The van der Waals surface area contributed by atoms with Crippen molar-refractivity contribution in [2.24, 2.45) is 17.8 Å². The van der Waals surface area contributed by atoms with Crippen LogP contribution in [0.5, 0.6) is 0 Å². The van der Waals surface area contributed by atoms with Crippen molar-refractivity contribution in [3.05, 3.63) is 0 Å². The van der Waals surface area contributed by atoms with Gasteiger partial charge < -0.3 is 10.6 Å². The highest BCUT2D eigenvalue weighted by Crippen LogP contribution is 2.29. The van der Waals surface area contributed by atoms with E-state index in [4.69, 9.17) is 0 Å². The number of hydrogen-bond donors (Lipinski definition) is 2. The van der Waals surface area contributed by atoms with Crippen LogP contribution in [-0.4, -0.2) is 25.0 Å². The van der Waals surface area contributed by atoms with Gasteiger partial charge in [0.2, 0.25) is 5.91 Å². The Morgan fingerprint density at radius 1 is 1.29 bits per heavy atom. The van der Waals surface area contributed by atoms with Crippen LogP contribution in [-0.2, 0) is 4.79 Å². The van der Waals surface area contributed by atoms with E-state index in [1.807, 2.05) is 0 Å². The van der Waals surface area contributed by atoms with Gasteiger partial charge in [0, 0.05) is 12.6 Å². The molecule has 17 heavy (non-hydrogen) atoms. The molecule has 3 heteroatoms. The summed E-state index contributed by atoms with van der Waals surface area (Å²) in [5, 5.41) is 6.55. The van der Waals surface area contributed by atoms with Gasteiger partial charge in [0.15, 0.2) is 0 Å². The molecule has 4 unspecified atom stereocenters. The van der Waals surface area contributed by atoms with Crippen molar-refractivity contribution in [1.29, 1.82) is 0 Å². The van der Waals surface area contributed by atoms with Gasteiger partial charge in [-0.15, -0.1) is 0 Å². The molecule has 2 N–H and O–H groups in total. The molecule has 0 bridgehead atoms. The fourth-order valence-electron chi connectivity index (χ4n) is 3.29. The standard InChI is InChI=1S/C14H26N2O/c1-10-5-6-12(8-10)9-16-14(17)13-4-3-7-15-11(13)2/h10-13,15H,3-9H2,1-2H3,(H,16,17). The predicted molar refractivity (Wildman–Crippen MR) is 69.7 cm³/mol. The van der Waals surface area contributed by atoms with E-state index in [0.717, 1.165) is 37.8 Å². The van der Waals surface area contributed by atoms with E-state index in [1.54, 1.807) is 0 Å². The first-order chi connectivity index (χ1) is 8.16. The number of piperidine rings is 1. The predicted octanol–water partition coefficient (Wildman–Crippen LogP) is 1.93. The van der Waals surface area contributed by atoms with E-state index in [1.165, 1.54) is 19.3 Å². The fraction of sp³-hybridized carbons (Fsp3) is 0.929. The second-order valence-corrected chi connectivity index (χ2v) is 6.02. The van der Waals surface area contributed by atoms with Gasteiger partial charge in [0.25, 0.3) is 0 Å². The number of amides is 1. The maximum absolute atomic E-state index is 12.1. The van der Waals surface area contributed by atoms with Crippen LogP contribution in [0.1, 0.15) is 46.0 Å². The molecule has 2 fully saturated rings. The summed E-state index contributed by atoms with van der Waals surface area (Å²) in [7, 11) is 0. The largest absolute Gasteiger partial charge is 0.356 e. The molecular weight excluding hydrogens is 212 g/mol. The monoisotopic (exact) mass is 238 g/mol. The second kappa shape index (κ2) is 5.85. The highest BCUT2D eigenvalue weighted by Gasteiger charge is 2.28. The lowest BCUT2D eigenvalue weighted by Gasteiger charge is -2.29. The molecule has 0 aromatic carbocycles. The first-order valence-electron chi connectivity index (χ1n) is 7.18. The van der Waals surface area contributed by atoms with Crippen LogP contribution >= 0.6 is 0 Å². The normalized spacial score (nSPS) is 38.0. The maximum Gasteiger partial charge on any atom is 0.224 e. The van der Waals surface area contributed by atoms with Crippen molar-refractivity contribution in [3.8, 4) is 0 Å². The Hall–Kier alpha value is -0.570. The third kappa shape index (κ3) is 3.44. The minimum atomic E-state index is 0.183. The lowest BCUT2D eigenvalue weighted by atomic mass is 9.91. The van der Waals surface area contributed by atoms with Crippen LogP contribution in [0.15, 0.2) is 0 Å². The van der Waals surface area contributed by atoms with Gasteiger partial charge >= 0.3 is 0 Å². The van der Waals surface area contributed by atoms with Crippen LogP contribution in [0.2, 0.25) is 0 Å². The smallest absolute Gasteiger partial charge is 0.224 e. The number of hydrogen-bond acceptors (Lipinski definition) is 2. The van der Waals surface area contributed by atoms with Gasteiger partial charge in [0.1, 0.15) is 0 Å². The van der Waals surface area contributed by atoms with Crippen LogP contribution < -0.4 is 10.6 Å². The topological polar surface area (TPSA) is 41.1 Å². The average Bonchev–Trinajstić information content (AvgIpc) is 2.73. The van der Waals surface area contributed by atoms with E-state index in [2.05, 4.69) is 24.5 Å². The Morgan fingerprint density at radius 2 is 2.12 bits per heavy atom. The van der Waals surface area contributed by atoms with Gasteiger partial charge in [-0.25, -0.2) is 0 Å². The van der Waals surface area contributed by atoms with Crippen LogP contribution in [0.25, 0.3) is 0 Å². The van der Waals surface area contributed by atoms with Gasteiger partial charge in [-0.3, -0.25) is 4.79 Å². The summed E-state index contributed by atoms with van der Waals surface area (Å²) in [4.78, 5) is 12.1. The van der Waals surface area contributed by atoms with Crippen LogP contribution in [0.3, 0.4) is 0 Å². The highest BCUT2D eigenvalue weighted by molar-refractivity contribution is 5.79. The number of nitrogens with one attached hydrogen (secondary N) is 2. The molecule has 98 valence electrons. The van der Waals surface area contributed by atoms with E-state index in [9.17, 15) is 4.79 Å². The molecule has 3 nitrogen and oxygen atoms in total. The fourth-order valence-corrected chi connectivity index (χ4v) is 3.29. The van der Waals surface area contributed by atoms with Crippen LogP contribution in [0.4, 0.5) is 0 Å². The third-order valence-corrected chi connectivity index (χ3v) is 4.47. The zero-order valence-corrected chi connectivity index (χ0v) is 11.2. The molecule has 2 rings (SSSR count). The van der Waals surface area contributed by atoms with Gasteiger partial charge in [0.05, 0.1) is 5.92 Å². The van der Waals surface area contributed by atoms with Crippen molar-refractivity contribution in [1.82, 2.24) is 10.6 Å². The number of rotatable bonds is 3. The molecule has 0 radical (unpaired) electrons. The maximum atomic E-state index is 12.1. The molecule has 1 saturated heterocycles. The molecule has 2 aliphatic rings. The molecular formula is C14H26N2O. The quantitative estimate of drug-likeness (QED) is 0.789. The summed E-state index contributed by atoms with van der Waals surface area (Å²) >= 11 is 0. The summed E-state index contributed by atoms with van der Waals surface area (Å²) < 4.78 is 0. The SMILES string of the molecule is CC1CCC(CNC(=O)C2CCCNC2C)C1. The summed E-state index contributed by atoms with van der Waals surface area (Å²) in [5.41, 5.74) is 0. The van der Waals surface area contributed by atoms with Gasteiger partial charge in [-0.1, -0.05) is 13.3 Å². The van der Waals surface area contributed by atoms with Crippen molar-refractivity contribution >= 4 is 5.91 Å². The molecule has 0 aromatic rings. The zero-order valence-electron chi connectivity index (χ0n) is 11.2.